The SMILES string of the molecule is COc1cc2c(cc1OC)C(=O)OS(=O)N2. The molecular weight excluding hydrogens is 234 g/mol. The number of ether oxygens (including phenoxy) is 2. The van der Waals surface area contributed by atoms with Gasteiger partial charge in [0.2, 0.25) is 0 Å². The molecule has 1 unspecified atom stereocenters. The average Bonchev–Trinajstić information content (AvgIpc) is 2.27. The van der Waals surface area contributed by atoms with Crippen LogP contribution in [0.2, 0.25) is 0 Å². The summed E-state index contributed by atoms with van der Waals surface area (Å²) in [6.45, 7) is 0. The van der Waals surface area contributed by atoms with Crippen LogP contribution in [-0.4, -0.2) is 24.4 Å². The first kappa shape index (κ1) is 10.7. The molecule has 0 amide bonds. The summed E-state index contributed by atoms with van der Waals surface area (Å²) in [7, 11) is 2.94. The lowest BCUT2D eigenvalue weighted by Gasteiger charge is -2.18. The van der Waals surface area contributed by atoms with Crippen molar-refractivity contribution in [3.63, 3.8) is 0 Å². The van der Waals surface area contributed by atoms with E-state index in [4.69, 9.17) is 9.47 Å². The van der Waals surface area contributed by atoms with Gasteiger partial charge in [0, 0.05) is 12.1 Å². The van der Waals surface area contributed by atoms with Crippen molar-refractivity contribution in [3.05, 3.63) is 17.7 Å². The fourth-order valence-electron chi connectivity index (χ4n) is 1.36. The summed E-state index contributed by atoms with van der Waals surface area (Å²) < 4.78 is 28.2. The van der Waals surface area contributed by atoms with Gasteiger partial charge in [-0.15, -0.1) is 0 Å². The molecule has 0 radical (unpaired) electrons. The molecule has 1 heterocycles. The van der Waals surface area contributed by atoms with Crippen LogP contribution in [0.1, 0.15) is 10.4 Å². The lowest BCUT2D eigenvalue weighted by atomic mass is 10.1. The number of fused-ring (bicyclic) bond motifs is 1. The zero-order valence-electron chi connectivity index (χ0n) is 8.60. The summed E-state index contributed by atoms with van der Waals surface area (Å²) in [6.07, 6.45) is 0. The van der Waals surface area contributed by atoms with E-state index in [9.17, 15) is 9.00 Å². The van der Waals surface area contributed by atoms with E-state index in [0.717, 1.165) is 0 Å². The number of rotatable bonds is 2. The van der Waals surface area contributed by atoms with Crippen molar-refractivity contribution in [2.45, 2.75) is 0 Å². The Bertz CT molecular complexity index is 473. The zero-order chi connectivity index (χ0) is 11.7. The minimum Gasteiger partial charge on any atom is -0.493 e. The van der Waals surface area contributed by atoms with Crippen LogP contribution in [0.3, 0.4) is 0 Å². The van der Waals surface area contributed by atoms with Crippen molar-refractivity contribution in [1.82, 2.24) is 0 Å². The van der Waals surface area contributed by atoms with Crippen LogP contribution in [-0.2, 0) is 15.4 Å². The minimum absolute atomic E-state index is 0.261. The lowest BCUT2D eigenvalue weighted by Crippen LogP contribution is -2.22. The predicted molar refractivity (Wildman–Crippen MR) is 56.7 cm³/mol. The Morgan fingerprint density at radius 1 is 1.25 bits per heavy atom. The number of hydrogen-bond acceptors (Lipinski definition) is 5. The number of carbonyl (C=O) groups excluding carboxylic acids is 1. The van der Waals surface area contributed by atoms with E-state index in [-0.39, 0.29) is 5.56 Å². The topological polar surface area (TPSA) is 73.9 Å². The van der Waals surface area contributed by atoms with Crippen molar-refractivity contribution in [2.75, 3.05) is 18.9 Å². The summed E-state index contributed by atoms with van der Waals surface area (Å²) in [5, 5.41) is 0. The third-order valence-corrected chi connectivity index (χ3v) is 2.78. The standard InChI is InChI=1S/C9H9NO5S/c1-13-7-3-5-6(4-8(7)14-2)10-16(12)15-9(5)11/h3-4,10H,1-2H3. The maximum absolute atomic E-state index is 11.4. The first-order chi connectivity index (χ1) is 7.65. The predicted octanol–water partition coefficient (Wildman–Crippen LogP) is 0.865. The van der Waals surface area contributed by atoms with Gasteiger partial charge in [-0.2, -0.15) is 4.21 Å². The van der Waals surface area contributed by atoms with Crippen molar-refractivity contribution in [3.8, 4) is 11.5 Å². The van der Waals surface area contributed by atoms with Gasteiger partial charge in [0.15, 0.2) is 11.5 Å². The van der Waals surface area contributed by atoms with Gasteiger partial charge >= 0.3 is 17.2 Å². The van der Waals surface area contributed by atoms with E-state index in [2.05, 4.69) is 8.91 Å². The van der Waals surface area contributed by atoms with Crippen molar-refractivity contribution in [2.24, 2.45) is 0 Å². The van der Waals surface area contributed by atoms with E-state index in [1.807, 2.05) is 0 Å². The molecule has 1 aliphatic heterocycles. The van der Waals surface area contributed by atoms with Gasteiger partial charge in [-0.1, -0.05) is 0 Å². The molecule has 0 saturated heterocycles. The lowest BCUT2D eigenvalue weighted by molar-refractivity contribution is 0.0755. The molecule has 2 rings (SSSR count). The molecule has 0 bridgehead atoms. The Morgan fingerprint density at radius 2 is 1.88 bits per heavy atom. The van der Waals surface area contributed by atoms with Gasteiger partial charge in [-0.25, -0.2) is 4.79 Å². The Kier molecular flexibility index (Phi) is 2.69. The Morgan fingerprint density at radius 3 is 2.50 bits per heavy atom. The normalized spacial score (nSPS) is 18.1. The monoisotopic (exact) mass is 243 g/mol. The van der Waals surface area contributed by atoms with Crippen LogP contribution in [0.5, 0.6) is 11.5 Å². The highest BCUT2D eigenvalue weighted by Gasteiger charge is 2.25. The number of methoxy groups -OCH3 is 2. The molecule has 0 aromatic heterocycles. The third kappa shape index (κ3) is 1.69. The maximum atomic E-state index is 11.4. The second-order valence-electron chi connectivity index (χ2n) is 2.96. The molecule has 0 fully saturated rings. The second kappa shape index (κ2) is 4.01. The first-order valence-electron chi connectivity index (χ1n) is 4.33. The first-order valence-corrected chi connectivity index (χ1v) is 5.40. The largest absolute Gasteiger partial charge is 0.493 e. The molecule has 0 saturated carbocycles. The summed E-state index contributed by atoms with van der Waals surface area (Å²) in [6, 6.07) is 3.01. The van der Waals surface area contributed by atoms with E-state index < -0.39 is 17.2 Å². The number of benzene rings is 1. The maximum Gasteiger partial charge on any atom is 0.355 e. The molecule has 1 atom stereocenters. The summed E-state index contributed by atoms with van der Waals surface area (Å²) in [4.78, 5) is 11.4. The van der Waals surface area contributed by atoms with Gasteiger partial charge in [0.05, 0.1) is 25.5 Å². The Labute approximate surface area is 94.3 Å². The molecule has 7 heteroatoms. The highest BCUT2D eigenvalue weighted by molar-refractivity contribution is 7.82. The van der Waals surface area contributed by atoms with Crippen LogP contribution < -0.4 is 14.2 Å². The second-order valence-corrected chi connectivity index (χ2v) is 3.80. The Hall–Kier alpha value is -1.76. The number of anilines is 1. The summed E-state index contributed by atoms with van der Waals surface area (Å²) in [5.74, 6) is 0.196. The molecule has 1 N–H and O–H groups in total. The molecule has 1 aliphatic rings. The van der Waals surface area contributed by atoms with E-state index in [0.29, 0.717) is 17.2 Å². The fourth-order valence-corrected chi connectivity index (χ4v) is 1.97. The van der Waals surface area contributed by atoms with Gasteiger partial charge in [-0.3, -0.25) is 4.72 Å². The van der Waals surface area contributed by atoms with Crippen molar-refractivity contribution in [1.29, 1.82) is 0 Å². The average molecular weight is 243 g/mol. The van der Waals surface area contributed by atoms with Crippen LogP contribution in [0, 0.1) is 0 Å². The number of nitrogens with one attached hydrogen (secondary N) is 1. The fraction of sp³-hybridized carbons (Fsp3) is 0.222. The highest BCUT2D eigenvalue weighted by atomic mass is 32.2. The van der Waals surface area contributed by atoms with Crippen LogP contribution >= 0.6 is 0 Å². The number of hydrogen-bond donors (Lipinski definition) is 1. The van der Waals surface area contributed by atoms with E-state index >= 15 is 0 Å². The molecule has 1 aromatic rings. The molecule has 0 spiro atoms. The molecule has 0 aliphatic carbocycles. The third-order valence-electron chi connectivity index (χ3n) is 2.09. The minimum atomic E-state index is -1.85. The van der Waals surface area contributed by atoms with Gasteiger partial charge in [-0.05, 0) is 0 Å². The summed E-state index contributed by atoms with van der Waals surface area (Å²) in [5.41, 5.74) is 0.657. The van der Waals surface area contributed by atoms with Gasteiger partial charge < -0.3 is 13.7 Å². The van der Waals surface area contributed by atoms with Crippen LogP contribution in [0.25, 0.3) is 0 Å². The molecule has 16 heavy (non-hydrogen) atoms. The van der Waals surface area contributed by atoms with Gasteiger partial charge in [0.25, 0.3) is 0 Å². The number of carbonyl (C=O) groups is 1. The molecule has 1 aromatic carbocycles. The van der Waals surface area contributed by atoms with E-state index in [1.54, 1.807) is 0 Å². The van der Waals surface area contributed by atoms with Crippen molar-refractivity contribution >= 4 is 22.9 Å². The van der Waals surface area contributed by atoms with Crippen LogP contribution in [0.4, 0.5) is 5.69 Å². The van der Waals surface area contributed by atoms with Gasteiger partial charge in [0.1, 0.15) is 0 Å². The molecule has 86 valence electrons. The molecule has 6 nitrogen and oxygen atoms in total. The van der Waals surface area contributed by atoms with E-state index in [1.165, 1.54) is 26.4 Å². The molecular formula is C9H9NO5S. The highest BCUT2D eigenvalue weighted by Crippen LogP contribution is 2.35. The quantitative estimate of drug-likeness (QED) is 0.834. The Balaban J connectivity index is 2.56. The van der Waals surface area contributed by atoms with Crippen molar-refractivity contribution < 1.29 is 22.7 Å². The van der Waals surface area contributed by atoms with Crippen LogP contribution in [0.15, 0.2) is 12.1 Å². The zero-order valence-corrected chi connectivity index (χ0v) is 9.42. The summed E-state index contributed by atoms with van der Waals surface area (Å²) >= 11 is -1.85. The smallest absolute Gasteiger partial charge is 0.355 e.